The molecule has 0 saturated carbocycles. The lowest BCUT2D eigenvalue weighted by molar-refractivity contribution is 0.686. The lowest BCUT2D eigenvalue weighted by atomic mass is 10.1. The Hall–Kier alpha value is -1.57. The second-order valence-corrected chi connectivity index (χ2v) is 3.70. The zero-order valence-electron chi connectivity index (χ0n) is 8.57. The smallest absolute Gasteiger partial charge is 0.0659 e. The number of rotatable bonds is 2. The van der Waals surface area contributed by atoms with Crippen LogP contribution in [0.2, 0.25) is 0 Å². The molecule has 0 radical (unpaired) electrons. The van der Waals surface area contributed by atoms with Crippen LogP contribution in [0, 0.1) is 13.8 Å². The van der Waals surface area contributed by atoms with Gasteiger partial charge in [-0.3, -0.25) is 4.68 Å². The minimum Gasteiger partial charge on any atom is -0.268 e. The molecule has 14 heavy (non-hydrogen) atoms. The summed E-state index contributed by atoms with van der Waals surface area (Å²) >= 11 is 0. The number of nitrogens with zero attached hydrogens (tertiary/aromatic N) is 2. The minimum absolute atomic E-state index is 0.857. The second-order valence-electron chi connectivity index (χ2n) is 3.70. The molecule has 0 aliphatic rings. The van der Waals surface area contributed by atoms with E-state index in [1.807, 2.05) is 10.9 Å². The Labute approximate surface area is 84.2 Å². The van der Waals surface area contributed by atoms with Crippen molar-refractivity contribution in [1.82, 2.24) is 9.78 Å². The third kappa shape index (κ3) is 2.02. The molecule has 0 spiro atoms. The van der Waals surface area contributed by atoms with Crippen LogP contribution >= 0.6 is 0 Å². The average molecular weight is 186 g/mol. The number of aromatic nitrogens is 2. The summed E-state index contributed by atoms with van der Waals surface area (Å²) < 4.78 is 1.96. The molecule has 0 aliphatic carbocycles. The first-order chi connectivity index (χ1) is 6.74. The van der Waals surface area contributed by atoms with Crippen molar-refractivity contribution in [2.24, 2.45) is 0 Å². The molecule has 2 aromatic rings. The number of hydrogen-bond donors (Lipinski definition) is 0. The predicted molar refractivity (Wildman–Crippen MR) is 57.2 cm³/mol. The van der Waals surface area contributed by atoms with Crippen LogP contribution in [0.25, 0.3) is 0 Å². The maximum Gasteiger partial charge on any atom is 0.0659 e. The third-order valence-electron chi connectivity index (χ3n) is 2.19. The highest BCUT2D eigenvalue weighted by Gasteiger charge is 1.96. The SMILES string of the molecule is Cc1cccc(Cn2cc(C)cn2)c1. The van der Waals surface area contributed by atoms with E-state index in [0.717, 1.165) is 6.54 Å². The summed E-state index contributed by atoms with van der Waals surface area (Å²) in [5.74, 6) is 0. The van der Waals surface area contributed by atoms with Gasteiger partial charge in [0.25, 0.3) is 0 Å². The lowest BCUT2D eigenvalue weighted by Gasteiger charge is -2.02. The van der Waals surface area contributed by atoms with Crippen molar-refractivity contribution in [3.8, 4) is 0 Å². The Bertz CT molecular complexity index is 429. The maximum atomic E-state index is 4.26. The third-order valence-corrected chi connectivity index (χ3v) is 2.19. The van der Waals surface area contributed by atoms with Gasteiger partial charge in [0.2, 0.25) is 0 Å². The Morgan fingerprint density at radius 2 is 2.07 bits per heavy atom. The molecule has 2 heteroatoms. The first kappa shape index (κ1) is 9.00. The van der Waals surface area contributed by atoms with Crippen LogP contribution in [0.3, 0.4) is 0 Å². The molecule has 1 aromatic heterocycles. The van der Waals surface area contributed by atoms with Gasteiger partial charge in [0.05, 0.1) is 12.7 Å². The molecule has 2 nitrogen and oxygen atoms in total. The van der Waals surface area contributed by atoms with Gasteiger partial charge in [-0.25, -0.2) is 0 Å². The number of aryl methyl sites for hydroxylation is 2. The minimum atomic E-state index is 0.857. The highest BCUT2D eigenvalue weighted by atomic mass is 15.3. The summed E-state index contributed by atoms with van der Waals surface area (Å²) in [4.78, 5) is 0. The standard InChI is InChI=1S/C12H14N2/c1-10-4-3-5-12(6-10)9-14-8-11(2)7-13-14/h3-8H,9H2,1-2H3. The van der Waals surface area contributed by atoms with E-state index in [2.05, 4.69) is 49.4 Å². The zero-order valence-corrected chi connectivity index (χ0v) is 8.57. The molecule has 0 unspecified atom stereocenters. The normalized spacial score (nSPS) is 10.4. The zero-order chi connectivity index (χ0) is 9.97. The van der Waals surface area contributed by atoms with Crippen LogP contribution in [-0.2, 0) is 6.54 Å². The van der Waals surface area contributed by atoms with E-state index in [4.69, 9.17) is 0 Å². The molecule has 1 heterocycles. The predicted octanol–water partition coefficient (Wildman–Crippen LogP) is 2.55. The fraction of sp³-hybridized carbons (Fsp3) is 0.250. The Kier molecular flexibility index (Phi) is 2.35. The van der Waals surface area contributed by atoms with Crippen molar-refractivity contribution in [3.05, 3.63) is 53.3 Å². The average Bonchev–Trinajstić information content (AvgIpc) is 2.51. The van der Waals surface area contributed by atoms with Crippen LogP contribution in [0.5, 0.6) is 0 Å². The van der Waals surface area contributed by atoms with Gasteiger partial charge in [-0.2, -0.15) is 5.10 Å². The molecule has 0 saturated heterocycles. The van der Waals surface area contributed by atoms with Crippen LogP contribution in [0.1, 0.15) is 16.7 Å². The lowest BCUT2D eigenvalue weighted by Crippen LogP contribution is -1.99. The molecule has 0 bridgehead atoms. The van der Waals surface area contributed by atoms with Crippen molar-refractivity contribution in [2.75, 3.05) is 0 Å². The Balaban J connectivity index is 2.18. The monoisotopic (exact) mass is 186 g/mol. The maximum absolute atomic E-state index is 4.26. The summed E-state index contributed by atoms with van der Waals surface area (Å²) in [5.41, 5.74) is 3.80. The summed E-state index contributed by atoms with van der Waals surface area (Å²) in [5, 5.41) is 4.26. The van der Waals surface area contributed by atoms with Crippen LogP contribution in [0.15, 0.2) is 36.7 Å². The first-order valence-electron chi connectivity index (χ1n) is 4.78. The van der Waals surface area contributed by atoms with Gasteiger partial charge >= 0.3 is 0 Å². The number of hydrogen-bond acceptors (Lipinski definition) is 1. The van der Waals surface area contributed by atoms with E-state index in [-0.39, 0.29) is 0 Å². The van der Waals surface area contributed by atoms with E-state index in [1.54, 1.807) is 0 Å². The summed E-state index contributed by atoms with van der Waals surface area (Å²) in [7, 11) is 0. The molecule has 0 fully saturated rings. The molecule has 0 atom stereocenters. The van der Waals surface area contributed by atoms with E-state index >= 15 is 0 Å². The Morgan fingerprint density at radius 3 is 2.71 bits per heavy atom. The molecular weight excluding hydrogens is 172 g/mol. The fourth-order valence-electron chi connectivity index (χ4n) is 1.55. The largest absolute Gasteiger partial charge is 0.268 e. The Morgan fingerprint density at radius 1 is 1.21 bits per heavy atom. The van der Waals surface area contributed by atoms with Crippen molar-refractivity contribution in [1.29, 1.82) is 0 Å². The van der Waals surface area contributed by atoms with Crippen molar-refractivity contribution in [2.45, 2.75) is 20.4 Å². The van der Waals surface area contributed by atoms with Crippen LogP contribution in [0.4, 0.5) is 0 Å². The van der Waals surface area contributed by atoms with Gasteiger partial charge in [0, 0.05) is 6.20 Å². The molecule has 2 rings (SSSR count). The summed E-state index contributed by atoms with van der Waals surface area (Å²) in [6.45, 7) is 5.02. The van der Waals surface area contributed by atoms with Gasteiger partial charge in [-0.1, -0.05) is 29.8 Å². The second kappa shape index (κ2) is 3.66. The molecule has 0 amide bonds. The van der Waals surface area contributed by atoms with E-state index in [9.17, 15) is 0 Å². The van der Waals surface area contributed by atoms with Gasteiger partial charge < -0.3 is 0 Å². The highest BCUT2D eigenvalue weighted by Crippen LogP contribution is 2.06. The van der Waals surface area contributed by atoms with E-state index < -0.39 is 0 Å². The van der Waals surface area contributed by atoms with Gasteiger partial charge in [-0.15, -0.1) is 0 Å². The summed E-state index contributed by atoms with van der Waals surface area (Å²) in [6, 6.07) is 8.51. The van der Waals surface area contributed by atoms with Gasteiger partial charge in [-0.05, 0) is 25.0 Å². The fourth-order valence-corrected chi connectivity index (χ4v) is 1.55. The van der Waals surface area contributed by atoms with Gasteiger partial charge in [0.1, 0.15) is 0 Å². The first-order valence-corrected chi connectivity index (χ1v) is 4.78. The molecule has 0 aliphatic heterocycles. The van der Waals surface area contributed by atoms with Crippen molar-refractivity contribution >= 4 is 0 Å². The van der Waals surface area contributed by atoms with Crippen LogP contribution < -0.4 is 0 Å². The van der Waals surface area contributed by atoms with Crippen molar-refractivity contribution < 1.29 is 0 Å². The topological polar surface area (TPSA) is 17.8 Å². The molecule has 0 N–H and O–H groups in total. The van der Waals surface area contributed by atoms with Gasteiger partial charge in [0.15, 0.2) is 0 Å². The van der Waals surface area contributed by atoms with Crippen molar-refractivity contribution in [3.63, 3.8) is 0 Å². The molecule has 72 valence electrons. The van der Waals surface area contributed by atoms with Crippen LogP contribution in [-0.4, -0.2) is 9.78 Å². The quantitative estimate of drug-likeness (QED) is 0.704. The van der Waals surface area contributed by atoms with E-state index in [0.29, 0.717) is 0 Å². The number of benzene rings is 1. The highest BCUT2D eigenvalue weighted by molar-refractivity contribution is 5.22. The molecular formula is C12H14N2. The molecule has 1 aromatic carbocycles. The summed E-state index contributed by atoms with van der Waals surface area (Å²) in [6.07, 6.45) is 3.94. The van der Waals surface area contributed by atoms with E-state index in [1.165, 1.54) is 16.7 Å².